The Morgan fingerprint density at radius 2 is 2.10 bits per heavy atom. The van der Waals surface area contributed by atoms with E-state index in [1.165, 1.54) is 12.8 Å². The van der Waals surface area contributed by atoms with Crippen LogP contribution in [0.3, 0.4) is 0 Å². The molecule has 1 aliphatic carbocycles. The summed E-state index contributed by atoms with van der Waals surface area (Å²) in [6, 6.07) is -0.105. The van der Waals surface area contributed by atoms with Crippen LogP contribution in [0, 0.1) is 17.8 Å². The Kier molecular flexibility index (Phi) is 3.97. The fraction of sp³-hybridized carbons (Fsp3) is 0.824. The molecule has 2 N–H and O–H groups in total. The van der Waals surface area contributed by atoms with Crippen molar-refractivity contribution in [1.82, 2.24) is 0 Å². The van der Waals surface area contributed by atoms with Crippen molar-refractivity contribution in [3.8, 4) is 0 Å². The number of hydrogen-bond acceptors (Lipinski definition) is 3. The summed E-state index contributed by atoms with van der Waals surface area (Å²) in [5.41, 5.74) is 6.37. The summed E-state index contributed by atoms with van der Waals surface area (Å²) in [7, 11) is 2.07. The second-order valence-electron chi connectivity index (χ2n) is 7.52. The average Bonchev–Trinajstić information content (AvgIpc) is 3.17. The fourth-order valence-electron chi connectivity index (χ4n) is 5.04. The molecule has 1 saturated carbocycles. The highest BCUT2D eigenvalue weighted by molar-refractivity contribution is 5.76. The largest absolute Gasteiger partial charge is 0.371 e. The van der Waals surface area contributed by atoms with Gasteiger partial charge in [0, 0.05) is 5.92 Å². The first-order chi connectivity index (χ1) is 9.99. The smallest absolute Gasteiger partial charge is 0.330 e. The summed E-state index contributed by atoms with van der Waals surface area (Å²) < 4.78 is 6.41. The van der Waals surface area contributed by atoms with Crippen molar-refractivity contribution in [3.05, 3.63) is 12.7 Å². The minimum absolute atomic E-state index is 0.178. The van der Waals surface area contributed by atoms with Gasteiger partial charge in [-0.2, -0.15) is 0 Å². The first-order valence-electron chi connectivity index (χ1n) is 8.38. The van der Waals surface area contributed by atoms with Gasteiger partial charge in [-0.25, -0.2) is 4.79 Å². The Balaban J connectivity index is 1.84. The highest BCUT2D eigenvalue weighted by Gasteiger charge is 2.61. The van der Waals surface area contributed by atoms with E-state index in [0.29, 0.717) is 22.9 Å². The highest BCUT2D eigenvalue weighted by atomic mass is 16.5. The Hall–Kier alpha value is -0.710. The molecule has 3 rings (SSSR count). The molecule has 2 heterocycles. The van der Waals surface area contributed by atoms with Crippen LogP contribution in [-0.4, -0.2) is 48.8 Å². The number of likely N-dealkylation sites (N-methyl/N-ethyl adjacent to an activating group) is 1. The normalized spacial score (nSPS) is 44.7. The van der Waals surface area contributed by atoms with E-state index in [2.05, 4.69) is 20.6 Å². The second kappa shape index (κ2) is 5.49. The van der Waals surface area contributed by atoms with E-state index >= 15 is 0 Å². The predicted octanol–water partition coefficient (Wildman–Crippen LogP) is 1.70. The number of quaternary nitrogens is 1. The maximum Gasteiger partial charge on any atom is 0.330 e. The van der Waals surface area contributed by atoms with Crippen molar-refractivity contribution in [3.63, 3.8) is 0 Å². The van der Waals surface area contributed by atoms with Crippen LogP contribution >= 0.6 is 0 Å². The zero-order chi connectivity index (χ0) is 15.2. The maximum atomic E-state index is 13.2. The van der Waals surface area contributed by atoms with E-state index in [1.807, 2.05) is 6.08 Å². The molecule has 2 aliphatic heterocycles. The van der Waals surface area contributed by atoms with Crippen molar-refractivity contribution < 1.29 is 14.0 Å². The predicted molar refractivity (Wildman–Crippen MR) is 82.4 cm³/mol. The summed E-state index contributed by atoms with van der Waals surface area (Å²) in [6.07, 6.45) is 6.80. The number of rotatable bonds is 3. The third-order valence-electron chi connectivity index (χ3n) is 6.14. The molecule has 6 unspecified atom stereocenters. The lowest BCUT2D eigenvalue weighted by molar-refractivity contribution is -0.851. The molecule has 0 bridgehead atoms. The number of fused-ring (bicyclic) bond motifs is 1. The topological polar surface area (TPSA) is 52.3 Å². The molecule has 2 saturated heterocycles. The number of likely N-dealkylation sites (tertiary alicyclic amines) is 1. The molecule has 21 heavy (non-hydrogen) atoms. The van der Waals surface area contributed by atoms with Crippen molar-refractivity contribution in [1.29, 1.82) is 0 Å². The Morgan fingerprint density at radius 3 is 2.71 bits per heavy atom. The van der Waals surface area contributed by atoms with Crippen LogP contribution in [0.4, 0.5) is 0 Å². The molecule has 118 valence electrons. The molecule has 0 aromatic rings. The van der Waals surface area contributed by atoms with Gasteiger partial charge < -0.3 is 10.5 Å². The van der Waals surface area contributed by atoms with Gasteiger partial charge in [0.05, 0.1) is 26.1 Å². The standard InChI is InChI=1S/C17H29N2O2/c1-4-12-10-21-16-11(2)9-19(3,15(12)16)17(20)14(18)13-7-5-6-8-13/h4,11-16H,1,5-10,18H2,2-3H3/q+1. The van der Waals surface area contributed by atoms with Crippen molar-refractivity contribution in [2.45, 2.75) is 50.8 Å². The number of hydrogen-bond donors (Lipinski definition) is 1. The number of amides is 1. The summed E-state index contributed by atoms with van der Waals surface area (Å²) in [4.78, 5) is 13.2. The molecule has 3 fully saturated rings. The first-order valence-corrected chi connectivity index (χ1v) is 8.38. The Morgan fingerprint density at radius 1 is 1.43 bits per heavy atom. The minimum atomic E-state index is -0.311. The molecule has 1 amide bonds. The molecule has 0 spiro atoms. The number of nitrogens with zero attached hydrogens (tertiary/aromatic N) is 1. The zero-order valence-corrected chi connectivity index (χ0v) is 13.3. The fourth-order valence-corrected chi connectivity index (χ4v) is 5.04. The number of carbonyl (C=O) groups excluding carboxylic acids is 1. The van der Waals surface area contributed by atoms with Gasteiger partial charge in [0.25, 0.3) is 0 Å². The van der Waals surface area contributed by atoms with Crippen LogP contribution in [0.2, 0.25) is 0 Å². The van der Waals surface area contributed by atoms with Crippen molar-refractivity contribution in [2.75, 3.05) is 20.2 Å². The van der Waals surface area contributed by atoms with Crippen LogP contribution in [0.25, 0.3) is 0 Å². The van der Waals surface area contributed by atoms with E-state index in [4.69, 9.17) is 10.5 Å². The first kappa shape index (κ1) is 15.2. The number of ether oxygens (including phenoxy) is 1. The monoisotopic (exact) mass is 293 g/mol. The van der Waals surface area contributed by atoms with Crippen LogP contribution in [-0.2, 0) is 9.53 Å². The van der Waals surface area contributed by atoms with E-state index < -0.39 is 0 Å². The van der Waals surface area contributed by atoms with Gasteiger partial charge in [-0.3, -0.25) is 4.48 Å². The van der Waals surface area contributed by atoms with Crippen molar-refractivity contribution >= 4 is 5.91 Å². The highest BCUT2D eigenvalue weighted by Crippen LogP contribution is 2.42. The lowest BCUT2D eigenvalue weighted by Gasteiger charge is -2.37. The molecule has 0 radical (unpaired) electrons. The molecule has 6 atom stereocenters. The lowest BCUT2D eigenvalue weighted by Crippen LogP contribution is -2.62. The van der Waals surface area contributed by atoms with Crippen LogP contribution in [0.5, 0.6) is 0 Å². The van der Waals surface area contributed by atoms with Crippen molar-refractivity contribution in [2.24, 2.45) is 23.5 Å². The molecule has 4 heteroatoms. The third-order valence-corrected chi connectivity index (χ3v) is 6.14. The molecule has 3 aliphatic rings. The minimum Gasteiger partial charge on any atom is -0.371 e. The number of nitrogens with two attached hydrogens (primary N) is 1. The van der Waals surface area contributed by atoms with E-state index in [0.717, 1.165) is 19.4 Å². The summed E-state index contributed by atoms with van der Waals surface area (Å²) >= 11 is 0. The van der Waals surface area contributed by atoms with Crippen LogP contribution in [0.15, 0.2) is 12.7 Å². The molecule has 0 aromatic carbocycles. The quantitative estimate of drug-likeness (QED) is 0.636. The lowest BCUT2D eigenvalue weighted by atomic mass is 9.93. The van der Waals surface area contributed by atoms with Crippen LogP contribution in [0.1, 0.15) is 32.6 Å². The number of carbonyl (C=O) groups is 1. The van der Waals surface area contributed by atoms with Gasteiger partial charge in [0.1, 0.15) is 18.2 Å². The molecular weight excluding hydrogens is 264 g/mol. The van der Waals surface area contributed by atoms with Gasteiger partial charge >= 0.3 is 5.91 Å². The van der Waals surface area contributed by atoms with E-state index in [9.17, 15) is 4.79 Å². The Labute approximate surface area is 127 Å². The van der Waals surface area contributed by atoms with Gasteiger partial charge in [-0.15, -0.1) is 6.58 Å². The van der Waals surface area contributed by atoms with Gasteiger partial charge in [0.15, 0.2) is 0 Å². The molecular formula is C17H29N2O2+. The molecule has 0 aromatic heterocycles. The van der Waals surface area contributed by atoms with Crippen LogP contribution < -0.4 is 5.73 Å². The van der Waals surface area contributed by atoms with Gasteiger partial charge in [-0.05, 0) is 18.8 Å². The maximum absolute atomic E-state index is 13.2. The third kappa shape index (κ3) is 2.28. The Bertz CT molecular complexity index is 433. The zero-order valence-electron chi connectivity index (χ0n) is 13.3. The van der Waals surface area contributed by atoms with Gasteiger partial charge in [0.2, 0.25) is 0 Å². The SMILES string of the molecule is C=CC1COC2C(C)C[N+](C)(C(=O)C(N)C3CCCC3)C12. The van der Waals surface area contributed by atoms with E-state index in [-0.39, 0.29) is 30.0 Å². The summed E-state index contributed by atoms with van der Waals surface area (Å²) in [5, 5.41) is 0. The average molecular weight is 293 g/mol. The second-order valence-corrected chi connectivity index (χ2v) is 7.52. The molecule has 4 nitrogen and oxygen atoms in total. The van der Waals surface area contributed by atoms with E-state index in [1.54, 1.807) is 0 Å². The van der Waals surface area contributed by atoms with Gasteiger partial charge in [-0.1, -0.05) is 25.8 Å². The summed E-state index contributed by atoms with van der Waals surface area (Å²) in [6.45, 7) is 7.68. The summed E-state index contributed by atoms with van der Waals surface area (Å²) in [5.74, 6) is 1.28.